The van der Waals surface area contributed by atoms with E-state index >= 15 is 0 Å². The number of hydrogen-bond acceptors (Lipinski definition) is 8. The molecular formula is C25H37N5O6. The molecule has 0 aromatic heterocycles. The van der Waals surface area contributed by atoms with Gasteiger partial charge in [-0.05, 0) is 46.5 Å². The molecule has 0 saturated carbocycles. The number of phenolic OH excluding ortho intramolecular Hbond substituents is 1. The Hall–Kier alpha value is -3.67. The lowest BCUT2D eigenvalue weighted by Crippen LogP contribution is -2.56. The van der Waals surface area contributed by atoms with E-state index in [1.807, 2.05) is 0 Å². The van der Waals surface area contributed by atoms with Crippen molar-refractivity contribution in [2.75, 3.05) is 12.3 Å². The van der Waals surface area contributed by atoms with Gasteiger partial charge in [-0.3, -0.25) is 9.59 Å². The number of aliphatic carboxylic acids is 1. The molecule has 0 radical (unpaired) electrons. The third-order valence-electron chi connectivity index (χ3n) is 5.78. The Morgan fingerprint density at radius 1 is 1.00 bits per heavy atom. The van der Waals surface area contributed by atoms with Crippen LogP contribution >= 0.6 is 0 Å². The van der Waals surface area contributed by atoms with Gasteiger partial charge in [-0.2, -0.15) is 0 Å². The summed E-state index contributed by atoms with van der Waals surface area (Å²) in [4.78, 5) is 37.6. The number of nitrogens with one attached hydrogen (secondary N) is 2. The fourth-order valence-electron chi connectivity index (χ4n) is 3.79. The van der Waals surface area contributed by atoms with Gasteiger partial charge in [0.15, 0.2) is 0 Å². The quantitative estimate of drug-likeness (QED) is 0.265. The van der Waals surface area contributed by atoms with Crippen molar-refractivity contribution >= 4 is 23.5 Å². The number of benzene rings is 2. The third-order valence-corrected chi connectivity index (χ3v) is 5.78. The molecule has 0 fully saturated rings. The Morgan fingerprint density at radius 3 is 2.22 bits per heavy atom. The molecule has 36 heavy (non-hydrogen) atoms. The van der Waals surface area contributed by atoms with Crippen LogP contribution in [0, 0.1) is 0 Å². The lowest BCUT2D eigenvalue weighted by Gasteiger charge is -2.24. The van der Waals surface area contributed by atoms with Crippen LogP contribution in [-0.2, 0) is 27.2 Å². The van der Waals surface area contributed by atoms with Crippen molar-refractivity contribution in [3.63, 3.8) is 0 Å². The van der Waals surface area contributed by atoms with E-state index in [0.717, 1.165) is 0 Å². The molecule has 2 aromatic carbocycles. The van der Waals surface area contributed by atoms with Crippen LogP contribution < -0.4 is 27.8 Å². The molecule has 198 valence electrons. The summed E-state index contributed by atoms with van der Waals surface area (Å²) in [5.74, 6) is -2.87. The topological polar surface area (TPSA) is 214 Å². The maximum Gasteiger partial charge on any atom is 0.326 e. The van der Waals surface area contributed by atoms with Crippen LogP contribution in [0.2, 0.25) is 0 Å². The van der Waals surface area contributed by atoms with E-state index < -0.39 is 42.0 Å². The normalized spacial score (nSPS) is 20.8. The lowest BCUT2D eigenvalue weighted by atomic mass is 9.95. The summed E-state index contributed by atoms with van der Waals surface area (Å²) in [5.41, 5.74) is 20.2. The number of hydrogen-bond donors (Lipinski definition) is 8. The molecule has 0 spiro atoms. The Balaban J connectivity index is 0.00000324. The summed E-state index contributed by atoms with van der Waals surface area (Å²) in [6, 6.07) is 6.17. The summed E-state index contributed by atoms with van der Waals surface area (Å²) in [7, 11) is 0. The highest BCUT2D eigenvalue weighted by atomic mass is 16.4. The number of aliphatic hydroxyl groups is 1. The minimum absolute atomic E-state index is 0. The zero-order valence-electron chi connectivity index (χ0n) is 18.4. The molecule has 11 heteroatoms. The van der Waals surface area contributed by atoms with Crippen molar-refractivity contribution in [2.24, 2.45) is 11.5 Å². The van der Waals surface area contributed by atoms with Crippen molar-refractivity contribution in [3.8, 4) is 16.9 Å². The maximum absolute atomic E-state index is 12.9. The summed E-state index contributed by atoms with van der Waals surface area (Å²) < 4.78 is 0. The molecule has 1 aliphatic heterocycles. The van der Waals surface area contributed by atoms with E-state index in [-0.39, 0.29) is 46.4 Å². The Bertz CT molecular complexity index is 1090. The van der Waals surface area contributed by atoms with Gasteiger partial charge in [0.2, 0.25) is 11.8 Å². The number of carbonyl (C=O) groups excluding carboxylic acids is 2. The molecule has 11 nitrogen and oxygen atoms in total. The summed E-state index contributed by atoms with van der Waals surface area (Å²) >= 11 is 0. The average Bonchev–Trinajstić information content (AvgIpc) is 2.79. The van der Waals surface area contributed by atoms with Gasteiger partial charge >= 0.3 is 5.97 Å². The van der Waals surface area contributed by atoms with E-state index in [1.165, 1.54) is 6.07 Å². The van der Waals surface area contributed by atoms with Crippen LogP contribution in [0.25, 0.3) is 11.1 Å². The van der Waals surface area contributed by atoms with E-state index in [9.17, 15) is 29.7 Å². The van der Waals surface area contributed by atoms with Gasteiger partial charge < -0.3 is 43.2 Å². The highest BCUT2D eigenvalue weighted by Crippen LogP contribution is 2.29. The van der Waals surface area contributed by atoms with Crippen molar-refractivity contribution in [1.29, 1.82) is 0 Å². The van der Waals surface area contributed by atoms with E-state index in [4.69, 9.17) is 17.2 Å². The number of carboxylic acids is 1. The molecule has 1 heterocycles. The van der Waals surface area contributed by atoms with Crippen molar-refractivity contribution in [1.82, 2.24) is 10.6 Å². The molecule has 0 aliphatic carbocycles. The summed E-state index contributed by atoms with van der Waals surface area (Å²) in [6.45, 7) is -0.169. The molecule has 0 saturated heterocycles. The highest BCUT2D eigenvalue weighted by Gasteiger charge is 2.30. The second kappa shape index (κ2) is 12.9. The first-order valence-electron chi connectivity index (χ1n) is 10.8. The molecule has 2 amide bonds. The predicted octanol–water partition coefficient (Wildman–Crippen LogP) is 0.103. The van der Waals surface area contributed by atoms with E-state index in [2.05, 4.69) is 10.6 Å². The van der Waals surface area contributed by atoms with Gasteiger partial charge in [0.1, 0.15) is 17.8 Å². The largest absolute Gasteiger partial charge is 0.508 e. The number of amides is 2. The van der Waals surface area contributed by atoms with Crippen LogP contribution in [0.4, 0.5) is 5.69 Å². The summed E-state index contributed by atoms with van der Waals surface area (Å²) in [6.07, 6.45) is -1.51. The first-order chi connectivity index (χ1) is 16.1. The first-order valence-corrected chi connectivity index (χ1v) is 10.8. The molecule has 1 aliphatic rings. The van der Waals surface area contributed by atoms with Crippen LogP contribution in [-0.4, -0.2) is 63.9 Å². The number of nitrogen functional groups attached to an aromatic ring is 1. The third kappa shape index (κ3) is 7.17. The molecule has 4 bridgehead atoms. The number of fused-ring (bicyclic) bond motifs is 5. The molecule has 2 aromatic rings. The van der Waals surface area contributed by atoms with Gasteiger partial charge in [-0.1, -0.05) is 27.0 Å². The maximum atomic E-state index is 12.9. The second-order valence-corrected chi connectivity index (χ2v) is 8.36. The average molecular weight is 504 g/mol. The number of phenols is 1. The number of nitrogens with two attached hydrogens (primary N) is 3. The molecule has 3 rings (SSSR count). The number of anilines is 1. The number of rotatable bonds is 4. The van der Waals surface area contributed by atoms with Crippen molar-refractivity contribution in [2.45, 2.75) is 58.3 Å². The monoisotopic (exact) mass is 503 g/mol. The number of aromatic hydroxyl groups is 1. The highest BCUT2D eigenvalue weighted by molar-refractivity contribution is 5.92. The Kier molecular flexibility index (Phi) is 10.9. The van der Waals surface area contributed by atoms with Gasteiger partial charge in [0.25, 0.3) is 0 Å². The van der Waals surface area contributed by atoms with Crippen molar-refractivity contribution in [3.05, 3.63) is 47.5 Å². The van der Waals surface area contributed by atoms with E-state index in [1.54, 1.807) is 30.3 Å². The lowest BCUT2D eigenvalue weighted by molar-refractivity contribution is -0.142. The fraction of sp³-hybridized carbons (Fsp3) is 0.400. The SMILES string of the molecule is C.C.NC[C@H](O)C[C@@H]1NC(=O)[C@@H](N)Cc2cc(ccc2O)-c2ccc(N)c(c2)C[C@@H](C(=O)O)NC1=O. The van der Waals surface area contributed by atoms with E-state index in [0.29, 0.717) is 27.9 Å². The predicted molar refractivity (Wildman–Crippen MR) is 138 cm³/mol. The molecular weight excluding hydrogens is 466 g/mol. The molecule has 0 unspecified atom stereocenters. The minimum Gasteiger partial charge on any atom is -0.508 e. The van der Waals surface area contributed by atoms with Crippen LogP contribution in [0.3, 0.4) is 0 Å². The minimum atomic E-state index is -1.35. The second-order valence-electron chi connectivity index (χ2n) is 8.36. The Labute approximate surface area is 210 Å². The summed E-state index contributed by atoms with van der Waals surface area (Å²) in [5, 5.41) is 34.9. The zero-order chi connectivity index (χ0) is 25.0. The van der Waals surface area contributed by atoms with Gasteiger partial charge in [-0.25, -0.2) is 4.79 Å². The smallest absolute Gasteiger partial charge is 0.326 e. The molecule has 4 atom stereocenters. The Morgan fingerprint density at radius 2 is 1.61 bits per heavy atom. The van der Waals surface area contributed by atoms with Gasteiger partial charge in [0.05, 0.1) is 12.1 Å². The van der Waals surface area contributed by atoms with Gasteiger partial charge in [0, 0.05) is 31.5 Å². The first kappa shape index (κ1) is 30.4. The van der Waals surface area contributed by atoms with Crippen LogP contribution in [0.1, 0.15) is 32.4 Å². The number of carbonyl (C=O) groups is 3. The number of aliphatic hydroxyl groups excluding tert-OH is 1. The fourth-order valence-corrected chi connectivity index (χ4v) is 3.79. The standard InChI is InChI=1S/C23H29N5O6.2CH4/c24-10-15(29)9-18-22(32)28-19(23(33)34)8-13-5-11(1-3-16(13)25)12-2-4-20(30)14(6-12)7-17(26)21(31)27-18;;/h1-6,15,17-19,29-30H,7-10,24-26H2,(H,27,31)(H,28,32)(H,33,34);2*1H4/t15-,17+,18+,19+;;/m1../s1. The van der Waals surface area contributed by atoms with Crippen LogP contribution in [0.5, 0.6) is 5.75 Å². The zero-order valence-corrected chi connectivity index (χ0v) is 18.4. The van der Waals surface area contributed by atoms with Crippen LogP contribution in [0.15, 0.2) is 36.4 Å². The van der Waals surface area contributed by atoms with Crippen molar-refractivity contribution < 1.29 is 29.7 Å². The number of carboxylic acid groups (broad SMARTS) is 1. The van der Waals surface area contributed by atoms with Gasteiger partial charge in [-0.15, -0.1) is 0 Å². The molecule has 11 N–H and O–H groups in total.